The van der Waals surface area contributed by atoms with Crippen molar-refractivity contribution in [3.63, 3.8) is 0 Å². The molecule has 130 valence electrons. The highest BCUT2D eigenvalue weighted by Crippen LogP contribution is 2.28. The van der Waals surface area contributed by atoms with Crippen molar-refractivity contribution >= 4 is 15.7 Å². The smallest absolute Gasteiger partial charge is 0.262 e. The molecule has 0 unspecified atom stereocenters. The Hall–Kier alpha value is -2.80. The molecule has 0 aliphatic rings. The molecule has 3 rings (SSSR count). The van der Waals surface area contributed by atoms with Crippen LogP contribution in [0, 0.1) is 12.7 Å². The number of benzene rings is 2. The van der Waals surface area contributed by atoms with Crippen LogP contribution in [-0.2, 0) is 10.0 Å². The molecular formula is C18H16FNO4S. The van der Waals surface area contributed by atoms with Gasteiger partial charge in [-0.2, -0.15) is 0 Å². The van der Waals surface area contributed by atoms with Gasteiger partial charge in [0.25, 0.3) is 10.0 Å². The third-order valence-corrected chi connectivity index (χ3v) is 5.08. The van der Waals surface area contributed by atoms with E-state index in [1.165, 1.54) is 19.2 Å². The van der Waals surface area contributed by atoms with Gasteiger partial charge in [0, 0.05) is 5.56 Å². The van der Waals surface area contributed by atoms with Crippen LogP contribution in [-0.4, -0.2) is 15.5 Å². The standard InChI is InChI=1S/C18H16FNO4S/c1-12-5-6-13(17-4-3-9-24-17)10-16(12)20-25(21,22)14-7-8-18(23-2)15(19)11-14/h3-11,20H,1-2H3. The van der Waals surface area contributed by atoms with Crippen LogP contribution < -0.4 is 9.46 Å². The molecule has 0 bridgehead atoms. The minimum atomic E-state index is -3.95. The van der Waals surface area contributed by atoms with Crippen LogP contribution in [0.3, 0.4) is 0 Å². The maximum absolute atomic E-state index is 13.8. The summed E-state index contributed by atoms with van der Waals surface area (Å²) in [6.07, 6.45) is 1.54. The van der Waals surface area contributed by atoms with Gasteiger partial charge in [-0.25, -0.2) is 12.8 Å². The van der Waals surface area contributed by atoms with Gasteiger partial charge in [0.2, 0.25) is 0 Å². The second kappa shape index (κ2) is 6.60. The van der Waals surface area contributed by atoms with Gasteiger partial charge in [0.05, 0.1) is 24.0 Å². The van der Waals surface area contributed by atoms with Crippen molar-refractivity contribution in [2.75, 3.05) is 11.8 Å². The largest absolute Gasteiger partial charge is 0.494 e. The molecule has 0 aliphatic heterocycles. The van der Waals surface area contributed by atoms with E-state index in [4.69, 9.17) is 9.15 Å². The molecule has 7 heteroatoms. The number of sulfonamides is 1. The molecule has 0 atom stereocenters. The van der Waals surface area contributed by atoms with Gasteiger partial charge >= 0.3 is 0 Å². The number of nitrogens with one attached hydrogen (secondary N) is 1. The first-order valence-corrected chi connectivity index (χ1v) is 8.90. The van der Waals surface area contributed by atoms with Crippen LogP contribution in [0.5, 0.6) is 5.75 Å². The van der Waals surface area contributed by atoms with Crippen molar-refractivity contribution in [2.45, 2.75) is 11.8 Å². The summed E-state index contributed by atoms with van der Waals surface area (Å²) < 4.78 is 51.6. The van der Waals surface area contributed by atoms with Crippen molar-refractivity contribution in [2.24, 2.45) is 0 Å². The molecule has 0 saturated heterocycles. The van der Waals surface area contributed by atoms with Crippen molar-refractivity contribution < 1.29 is 22.0 Å². The highest BCUT2D eigenvalue weighted by atomic mass is 32.2. The van der Waals surface area contributed by atoms with Gasteiger partial charge < -0.3 is 9.15 Å². The predicted octanol–water partition coefficient (Wildman–Crippen LogP) is 4.20. The van der Waals surface area contributed by atoms with Crippen molar-refractivity contribution in [1.82, 2.24) is 0 Å². The molecule has 0 spiro atoms. The first-order valence-electron chi connectivity index (χ1n) is 7.41. The molecule has 0 radical (unpaired) electrons. The third-order valence-electron chi connectivity index (χ3n) is 3.72. The minimum absolute atomic E-state index is 0.0186. The Morgan fingerprint density at radius 3 is 2.56 bits per heavy atom. The van der Waals surface area contributed by atoms with Gasteiger partial charge in [0.15, 0.2) is 11.6 Å². The van der Waals surface area contributed by atoms with Gasteiger partial charge in [-0.1, -0.05) is 12.1 Å². The van der Waals surface area contributed by atoms with E-state index in [1.807, 2.05) is 6.07 Å². The van der Waals surface area contributed by atoms with E-state index < -0.39 is 15.8 Å². The fourth-order valence-corrected chi connectivity index (χ4v) is 3.48. The second-order valence-corrected chi connectivity index (χ2v) is 7.09. The first-order chi connectivity index (χ1) is 11.9. The number of furan rings is 1. The van der Waals surface area contributed by atoms with Crippen LogP contribution >= 0.6 is 0 Å². The Bertz CT molecular complexity index is 998. The summed E-state index contributed by atoms with van der Waals surface area (Å²) >= 11 is 0. The molecule has 0 fully saturated rings. The summed E-state index contributed by atoms with van der Waals surface area (Å²) in [7, 11) is -2.63. The Balaban J connectivity index is 1.95. The van der Waals surface area contributed by atoms with Gasteiger partial charge in [-0.05, 0) is 48.9 Å². The average Bonchev–Trinajstić information content (AvgIpc) is 3.11. The molecule has 1 heterocycles. The van der Waals surface area contributed by atoms with E-state index in [2.05, 4.69) is 4.72 Å². The Kier molecular flexibility index (Phi) is 4.50. The summed E-state index contributed by atoms with van der Waals surface area (Å²) in [6, 6.07) is 12.3. The number of hydrogen-bond donors (Lipinski definition) is 1. The number of anilines is 1. The highest BCUT2D eigenvalue weighted by molar-refractivity contribution is 7.92. The minimum Gasteiger partial charge on any atom is -0.494 e. The summed E-state index contributed by atoms with van der Waals surface area (Å²) in [5.74, 6) is -0.141. The predicted molar refractivity (Wildman–Crippen MR) is 92.6 cm³/mol. The normalized spacial score (nSPS) is 11.3. The number of halogens is 1. The van der Waals surface area contributed by atoms with E-state index >= 15 is 0 Å². The SMILES string of the molecule is COc1ccc(S(=O)(=O)Nc2cc(-c3ccco3)ccc2C)cc1F. The zero-order valence-corrected chi connectivity index (χ0v) is 14.4. The number of methoxy groups -OCH3 is 1. The highest BCUT2D eigenvalue weighted by Gasteiger charge is 2.18. The molecule has 0 amide bonds. The van der Waals surface area contributed by atoms with Crippen molar-refractivity contribution in [3.05, 3.63) is 66.2 Å². The maximum atomic E-state index is 13.8. The van der Waals surface area contributed by atoms with E-state index in [0.29, 0.717) is 11.4 Å². The molecule has 0 saturated carbocycles. The Morgan fingerprint density at radius 1 is 1.12 bits per heavy atom. The van der Waals surface area contributed by atoms with Gasteiger partial charge in [-0.3, -0.25) is 4.72 Å². The molecule has 25 heavy (non-hydrogen) atoms. The Labute approximate surface area is 145 Å². The monoisotopic (exact) mass is 361 g/mol. The fourth-order valence-electron chi connectivity index (χ4n) is 2.35. The summed E-state index contributed by atoms with van der Waals surface area (Å²) in [5, 5.41) is 0. The van der Waals surface area contributed by atoms with Crippen LogP contribution in [0.2, 0.25) is 0 Å². The fraction of sp³-hybridized carbons (Fsp3) is 0.111. The zero-order valence-electron chi connectivity index (χ0n) is 13.6. The van der Waals surface area contributed by atoms with Crippen molar-refractivity contribution in [1.29, 1.82) is 0 Å². The molecular weight excluding hydrogens is 345 g/mol. The molecule has 1 N–H and O–H groups in total. The molecule has 2 aromatic carbocycles. The number of hydrogen-bond acceptors (Lipinski definition) is 4. The number of aryl methyl sites for hydroxylation is 1. The topological polar surface area (TPSA) is 68.5 Å². The molecule has 1 aromatic heterocycles. The number of rotatable bonds is 5. The van der Waals surface area contributed by atoms with Crippen LogP contribution in [0.4, 0.5) is 10.1 Å². The van der Waals surface area contributed by atoms with E-state index in [-0.39, 0.29) is 10.6 Å². The lowest BCUT2D eigenvalue weighted by Crippen LogP contribution is -2.14. The third kappa shape index (κ3) is 3.51. The summed E-state index contributed by atoms with van der Waals surface area (Å²) in [4.78, 5) is -0.186. The average molecular weight is 361 g/mol. The Morgan fingerprint density at radius 2 is 1.92 bits per heavy atom. The van der Waals surface area contributed by atoms with Crippen molar-refractivity contribution in [3.8, 4) is 17.1 Å². The lowest BCUT2D eigenvalue weighted by molar-refractivity contribution is 0.385. The van der Waals surface area contributed by atoms with Gasteiger partial charge in [0.1, 0.15) is 5.76 Å². The summed E-state index contributed by atoms with van der Waals surface area (Å²) in [5.41, 5.74) is 1.85. The van der Waals surface area contributed by atoms with E-state index in [9.17, 15) is 12.8 Å². The van der Waals surface area contributed by atoms with E-state index in [1.54, 1.807) is 37.5 Å². The quantitative estimate of drug-likeness (QED) is 0.739. The second-order valence-electron chi connectivity index (χ2n) is 5.41. The molecule has 3 aromatic rings. The van der Waals surface area contributed by atoms with E-state index in [0.717, 1.165) is 17.2 Å². The van der Waals surface area contributed by atoms with Gasteiger partial charge in [-0.15, -0.1) is 0 Å². The number of ether oxygens (including phenoxy) is 1. The first kappa shape index (κ1) is 17.0. The maximum Gasteiger partial charge on any atom is 0.262 e. The zero-order chi connectivity index (χ0) is 18.0. The van der Waals surface area contributed by atoms with Crippen LogP contribution in [0.1, 0.15) is 5.56 Å². The lowest BCUT2D eigenvalue weighted by atomic mass is 10.1. The lowest BCUT2D eigenvalue weighted by Gasteiger charge is -2.12. The van der Waals surface area contributed by atoms with Crippen LogP contribution in [0.15, 0.2) is 64.1 Å². The summed E-state index contributed by atoms with van der Waals surface area (Å²) in [6.45, 7) is 1.78. The molecule has 5 nitrogen and oxygen atoms in total. The molecule has 0 aliphatic carbocycles. The van der Waals surface area contributed by atoms with Crippen LogP contribution in [0.25, 0.3) is 11.3 Å².